The Morgan fingerprint density at radius 2 is 1.71 bits per heavy atom. The standard InChI is InChI=1S/C26H19Cl2NO6/c1-33-25-17(11-15(27)12-18(25)28)23(30)21-22(14-5-3-2-4-6-14)29(26(32)24(21)31)16-7-8-19-20(13-16)35-10-9-34-19/h2-8,11-13,22,30H,9-10H2,1H3/b23-21+. The number of aliphatic hydroxyl groups is 1. The van der Waals surface area contributed by atoms with Crippen molar-refractivity contribution in [2.45, 2.75) is 6.04 Å². The zero-order valence-electron chi connectivity index (χ0n) is 18.5. The van der Waals surface area contributed by atoms with Crippen molar-refractivity contribution in [1.29, 1.82) is 0 Å². The number of Topliss-reactive ketones (excluding diaryl/α,β-unsaturated/α-hetero) is 1. The van der Waals surface area contributed by atoms with Crippen molar-refractivity contribution in [2.75, 3.05) is 25.2 Å². The highest BCUT2D eigenvalue weighted by atomic mass is 35.5. The van der Waals surface area contributed by atoms with Gasteiger partial charge in [0, 0.05) is 16.8 Å². The molecule has 0 aromatic heterocycles. The Morgan fingerprint density at radius 3 is 2.43 bits per heavy atom. The fourth-order valence-electron chi connectivity index (χ4n) is 4.32. The van der Waals surface area contributed by atoms with E-state index in [9.17, 15) is 14.7 Å². The maximum absolute atomic E-state index is 13.4. The molecule has 1 saturated heterocycles. The Bertz CT molecular complexity index is 1370. The van der Waals surface area contributed by atoms with E-state index in [-0.39, 0.29) is 26.9 Å². The number of anilines is 1. The van der Waals surface area contributed by atoms with Crippen molar-refractivity contribution in [3.05, 3.63) is 87.4 Å². The molecule has 3 aromatic carbocycles. The van der Waals surface area contributed by atoms with E-state index in [1.807, 2.05) is 6.07 Å². The number of aliphatic hydroxyl groups excluding tert-OH is 1. The van der Waals surface area contributed by atoms with Crippen LogP contribution in [0.3, 0.4) is 0 Å². The molecule has 3 aromatic rings. The number of rotatable bonds is 4. The molecule has 35 heavy (non-hydrogen) atoms. The van der Waals surface area contributed by atoms with Crippen LogP contribution in [0.25, 0.3) is 5.76 Å². The minimum Gasteiger partial charge on any atom is -0.507 e. The number of fused-ring (bicyclic) bond motifs is 1. The van der Waals surface area contributed by atoms with Gasteiger partial charge in [-0.1, -0.05) is 53.5 Å². The average Bonchev–Trinajstić information content (AvgIpc) is 3.13. The van der Waals surface area contributed by atoms with Crippen LogP contribution in [0.15, 0.2) is 66.2 Å². The summed E-state index contributed by atoms with van der Waals surface area (Å²) in [6, 6.07) is 15.9. The minimum absolute atomic E-state index is 0.103. The summed E-state index contributed by atoms with van der Waals surface area (Å²) >= 11 is 12.4. The maximum Gasteiger partial charge on any atom is 0.300 e. The highest BCUT2D eigenvalue weighted by Crippen LogP contribution is 2.46. The highest BCUT2D eigenvalue weighted by molar-refractivity contribution is 6.52. The fraction of sp³-hybridized carbons (Fsp3) is 0.154. The molecule has 1 amide bonds. The van der Waals surface area contributed by atoms with E-state index in [1.54, 1.807) is 42.5 Å². The van der Waals surface area contributed by atoms with Gasteiger partial charge in [-0.05, 0) is 29.8 Å². The Kier molecular flexibility index (Phi) is 6.05. The van der Waals surface area contributed by atoms with Gasteiger partial charge in [0.1, 0.15) is 24.7 Å². The number of ketones is 1. The van der Waals surface area contributed by atoms with Crippen LogP contribution in [0, 0.1) is 0 Å². The summed E-state index contributed by atoms with van der Waals surface area (Å²) < 4.78 is 16.6. The van der Waals surface area contributed by atoms with Crippen LogP contribution >= 0.6 is 23.2 Å². The van der Waals surface area contributed by atoms with Crippen molar-refractivity contribution in [3.63, 3.8) is 0 Å². The summed E-state index contributed by atoms with van der Waals surface area (Å²) in [5, 5.41) is 11.8. The van der Waals surface area contributed by atoms with Gasteiger partial charge in [0.05, 0.1) is 29.3 Å². The van der Waals surface area contributed by atoms with Gasteiger partial charge in [0.15, 0.2) is 11.5 Å². The van der Waals surface area contributed by atoms with E-state index < -0.39 is 23.5 Å². The molecule has 1 N–H and O–H groups in total. The number of halogens is 2. The van der Waals surface area contributed by atoms with Gasteiger partial charge >= 0.3 is 0 Å². The number of methoxy groups -OCH3 is 1. The third-order valence-electron chi connectivity index (χ3n) is 5.83. The van der Waals surface area contributed by atoms with Gasteiger partial charge in [0.2, 0.25) is 0 Å². The summed E-state index contributed by atoms with van der Waals surface area (Å²) in [4.78, 5) is 28.1. The normalized spacial score (nSPS) is 18.6. The minimum atomic E-state index is -0.929. The first-order valence-electron chi connectivity index (χ1n) is 10.7. The molecule has 9 heteroatoms. The number of hydrogen-bond acceptors (Lipinski definition) is 6. The molecular formula is C26H19Cl2NO6. The predicted octanol–water partition coefficient (Wildman–Crippen LogP) is 5.40. The summed E-state index contributed by atoms with van der Waals surface area (Å²) in [6.45, 7) is 0.789. The third kappa shape index (κ3) is 3.96. The molecule has 1 atom stereocenters. The SMILES string of the molecule is COc1c(Cl)cc(Cl)cc1/C(O)=C1\C(=O)C(=O)N(c2ccc3c(c2)OCCO3)C1c1ccccc1. The van der Waals surface area contributed by atoms with Crippen LogP contribution in [-0.2, 0) is 9.59 Å². The van der Waals surface area contributed by atoms with Crippen LogP contribution < -0.4 is 19.1 Å². The van der Waals surface area contributed by atoms with Crippen LogP contribution in [0.4, 0.5) is 5.69 Å². The van der Waals surface area contributed by atoms with Crippen molar-refractivity contribution < 1.29 is 28.9 Å². The second-order valence-electron chi connectivity index (χ2n) is 7.88. The molecule has 0 bridgehead atoms. The molecule has 7 nitrogen and oxygen atoms in total. The average molecular weight is 512 g/mol. The Balaban J connectivity index is 1.73. The molecule has 1 unspecified atom stereocenters. The lowest BCUT2D eigenvalue weighted by Crippen LogP contribution is -2.29. The van der Waals surface area contributed by atoms with Gasteiger partial charge in [-0.2, -0.15) is 0 Å². The van der Waals surface area contributed by atoms with E-state index in [0.717, 1.165) is 0 Å². The van der Waals surface area contributed by atoms with Crippen molar-refractivity contribution in [3.8, 4) is 17.2 Å². The summed E-state index contributed by atoms with van der Waals surface area (Å²) in [5.74, 6) is -0.963. The number of hydrogen-bond donors (Lipinski definition) is 1. The molecule has 2 aliphatic rings. The van der Waals surface area contributed by atoms with Crippen LogP contribution in [0.5, 0.6) is 17.2 Å². The van der Waals surface area contributed by atoms with Crippen LogP contribution in [-0.4, -0.2) is 37.1 Å². The Morgan fingerprint density at radius 1 is 1.00 bits per heavy atom. The topological polar surface area (TPSA) is 85.3 Å². The second-order valence-corrected chi connectivity index (χ2v) is 8.72. The lowest BCUT2D eigenvalue weighted by atomic mass is 9.95. The monoisotopic (exact) mass is 511 g/mol. The van der Waals surface area contributed by atoms with Gasteiger partial charge in [-0.25, -0.2) is 0 Å². The molecule has 2 heterocycles. The number of carbonyl (C=O) groups is 2. The van der Waals surface area contributed by atoms with Crippen LogP contribution in [0.2, 0.25) is 10.0 Å². The Hall–Kier alpha value is -3.68. The maximum atomic E-state index is 13.4. The van der Waals surface area contributed by atoms with Crippen molar-refractivity contribution >= 4 is 46.3 Å². The number of nitrogens with zero attached hydrogens (tertiary/aromatic N) is 1. The molecule has 2 aliphatic heterocycles. The van der Waals surface area contributed by atoms with Gasteiger partial charge in [-0.3, -0.25) is 14.5 Å². The number of amides is 1. The molecular weight excluding hydrogens is 493 g/mol. The van der Waals surface area contributed by atoms with Crippen molar-refractivity contribution in [1.82, 2.24) is 0 Å². The lowest BCUT2D eigenvalue weighted by Gasteiger charge is -2.27. The predicted molar refractivity (Wildman–Crippen MR) is 132 cm³/mol. The highest BCUT2D eigenvalue weighted by Gasteiger charge is 2.47. The first kappa shape index (κ1) is 23.1. The lowest BCUT2D eigenvalue weighted by molar-refractivity contribution is -0.132. The molecule has 1 fully saturated rings. The Labute approximate surface area is 211 Å². The second kappa shape index (κ2) is 9.17. The largest absolute Gasteiger partial charge is 0.507 e. The van der Waals surface area contributed by atoms with Gasteiger partial charge in [0.25, 0.3) is 11.7 Å². The van der Waals surface area contributed by atoms with Gasteiger partial charge < -0.3 is 19.3 Å². The summed E-state index contributed by atoms with van der Waals surface area (Å²) in [7, 11) is 1.38. The summed E-state index contributed by atoms with van der Waals surface area (Å²) in [6.07, 6.45) is 0. The molecule has 0 aliphatic carbocycles. The first-order valence-corrected chi connectivity index (χ1v) is 11.4. The van der Waals surface area contributed by atoms with Crippen LogP contribution in [0.1, 0.15) is 17.2 Å². The van der Waals surface area contributed by atoms with E-state index >= 15 is 0 Å². The zero-order chi connectivity index (χ0) is 24.7. The molecule has 0 saturated carbocycles. The quantitative estimate of drug-likeness (QED) is 0.286. The van der Waals surface area contributed by atoms with Gasteiger partial charge in [-0.15, -0.1) is 0 Å². The number of benzene rings is 3. The molecule has 5 rings (SSSR count). The zero-order valence-corrected chi connectivity index (χ0v) is 20.0. The van der Waals surface area contributed by atoms with Crippen molar-refractivity contribution in [2.24, 2.45) is 0 Å². The number of ether oxygens (including phenoxy) is 3. The number of carbonyl (C=O) groups excluding carboxylic acids is 2. The smallest absolute Gasteiger partial charge is 0.300 e. The molecule has 0 radical (unpaired) electrons. The summed E-state index contributed by atoms with van der Waals surface area (Å²) in [5.41, 5.74) is 1.02. The first-order chi connectivity index (χ1) is 16.9. The molecule has 178 valence electrons. The third-order valence-corrected chi connectivity index (χ3v) is 6.33. The molecule has 0 spiro atoms. The van der Waals surface area contributed by atoms with E-state index in [0.29, 0.717) is 36.0 Å². The van der Waals surface area contributed by atoms with E-state index in [2.05, 4.69) is 0 Å². The van der Waals surface area contributed by atoms with E-state index in [4.69, 9.17) is 37.4 Å². The van der Waals surface area contributed by atoms with E-state index in [1.165, 1.54) is 24.1 Å². The fourth-order valence-corrected chi connectivity index (χ4v) is 4.89.